The number of rotatable bonds is 6. The van der Waals surface area contributed by atoms with Crippen LogP contribution in [0, 0.1) is 0 Å². The molecule has 11 nitrogen and oxygen atoms in total. The van der Waals surface area contributed by atoms with E-state index in [9.17, 15) is 49.2 Å². The summed E-state index contributed by atoms with van der Waals surface area (Å²) in [5.74, 6) is -8.02. The lowest BCUT2D eigenvalue weighted by molar-refractivity contribution is 0.0440. The molecule has 11 heteroatoms. The fourth-order valence-corrected chi connectivity index (χ4v) is 6.02. The van der Waals surface area contributed by atoms with Gasteiger partial charge in [0, 0.05) is 0 Å². The molecule has 1 aliphatic heterocycles. The maximum absolute atomic E-state index is 13.2. The first-order valence-corrected chi connectivity index (χ1v) is 12.2. The monoisotopic (exact) mass is 564 g/mol. The number of esters is 2. The van der Waals surface area contributed by atoms with Crippen LogP contribution in [0.1, 0.15) is 84.4 Å². The summed E-state index contributed by atoms with van der Waals surface area (Å²) < 4.78 is 4.92. The molecule has 0 atom stereocenters. The number of carbonyl (C=O) groups excluding carboxylic acids is 2. The summed E-state index contributed by atoms with van der Waals surface area (Å²) >= 11 is 0. The van der Waals surface area contributed by atoms with E-state index in [1.54, 1.807) is 30.3 Å². The standard InChI is InChI=1S/C31H16O11/c32-25(33)17-7-5-13(11-20(17)27(36)37)31(14-6-8-18(26(34)35)21(12-14)28(38)39)22-4-2-1-3-15(22)16-9-10-19-23(24(16)31)30(41)42-29(19)40/h1-12H,(H,32,33)(H,34,35)(H,36,37)(H,38,39). The van der Waals surface area contributed by atoms with Gasteiger partial charge in [0.15, 0.2) is 0 Å². The molecule has 0 bridgehead atoms. The van der Waals surface area contributed by atoms with E-state index in [0.717, 1.165) is 24.3 Å². The smallest absolute Gasteiger partial charge is 0.347 e. The van der Waals surface area contributed by atoms with Crippen molar-refractivity contribution in [3.8, 4) is 11.1 Å². The van der Waals surface area contributed by atoms with Crippen molar-refractivity contribution in [3.63, 3.8) is 0 Å². The van der Waals surface area contributed by atoms with Crippen LogP contribution in [0.3, 0.4) is 0 Å². The molecular weight excluding hydrogens is 548 g/mol. The van der Waals surface area contributed by atoms with Crippen molar-refractivity contribution in [2.75, 3.05) is 0 Å². The predicted molar refractivity (Wildman–Crippen MR) is 141 cm³/mol. The Kier molecular flexibility index (Phi) is 5.58. The van der Waals surface area contributed by atoms with Crippen molar-refractivity contribution in [1.82, 2.24) is 0 Å². The Hall–Kier alpha value is -6.10. The molecule has 4 aromatic carbocycles. The average Bonchev–Trinajstić information content (AvgIpc) is 3.43. The fourth-order valence-electron chi connectivity index (χ4n) is 6.02. The van der Waals surface area contributed by atoms with Gasteiger partial charge in [-0.3, -0.25) is 0 Å². The van der Waals surface area contributed by atoms with Gasteiger partial charge in [-0.1, -0.05) is 42.5 Å². The number of ether oxygens (including phenoxy) is 1. The molecule has 6 rings (SSSR count). The summed E-state index contributed by atoms with van der Waals surface area (Å²) in [6, 6.07) is 16.8. The van der Waals surface area contributed by atoms with Crippen LogP contribution in [0.15, 0.2) is 72.8 Å². The van der Waals surface area contributed by atoms with Crippen molar-refractivity contribution >= 4 is 35.8 Å². The molecule has 0 fully saturated rings. The SMILES string of the molecule is O=C(O)c1ccc(C2(c3ccc(C(=O)O)c(C(=O)O)c3)c3ccccc3-c3ccc4c(c32)C(=O)OC4=O)cc1C(=O)O. The Morgan fingerprint density at radius 2 is 1.05 bits per heavy atom. The zero-order chi connectivity index (χ0) is 30.1. The molecule has 0 spiro atoms. The number of carbonyl (C=O) groups is 6. The zero-order valence-electron chi connectivity index (χ0n) is 21.1. The summed E-state index contributed by atoms with van der Waals surface area (Å²) in [5, 5.41) is 39.2. The molecule has 0 unspecified atom stereocenters. The second kappa shape index (κ2) is 8.96. The molecule has 206 valence electrons. The van der Waals surface area contributed by atoms with Crippen LogP contribution in [0.4, 0.5) is 0 Å². The number of benzene rings is 4. The summed E-state index contributed by atoms with van der Waals surface area (Å²) in [7, 11) is 0. The van der Waals surface area contributed by atoms with Gasteiger partial charge >= 0.3 is 35.8 Å². The van der Waals surface area contributed by atoms with Crippen LogP contribution < -0.4 is 0 Å². The minimum absolute atomic E-state index is 0.0721. The number of carboxylic acids is 4. The highest BCUT2D eigenvalue weighted by Gasteiger charge is 2.52. The van der Waals surface area contributed by atoms with E-state index < -0.39 is 63.5 Å². The molecule has 4 N–H and O–H groups in total. The van der Waals surface area contributed by atoms with E-state index >= 15 is 0 Å². The Labute approximate surface area is 234 Å². The summed E-state index contributed by atoms with van der Waals surface area (Å²) in [6.07, 6.45) is 0. The van der Waals surface area contributed by atoms with Gasteiger partial charge in [-0.2, -0.15) is 0 Å². The quantitative estimate of drug-likeness (QED) is 0.171. The Morgan fingerprint density at radius 1 is 0.548 bits per heavy atom. The minimum atomic E-state index is -1.72. The number of hydrogen-bond donors (Lipinski definition) is 4. The summed E-state index contributed by atoms with van der Waals surface area (Å²) in [5.41, 5.74) is -2.26. The first-order chi connectivity index (χ1) is 20.0. The molecule has 0 aromatic heterocycles. The molecule has 2 aliphatic rings. The fraction of sp³-hybridized carbons (Fsp3) is 0.0323. The van der Waals surface area contributed by atoms with Gasteiger partial charge in [0.1, 0.15) is 0 Å². The van der Waals surface area contributed by atoms with E-state index in [0.29, 0.717) is 16.7 Å². The predicted octanol–water partition coefficient (Wildman–Crippen LogP) is 4.15. The Bertz CT molecular complexity index is 1890. The second-order valence-corrected chi connectivity index (χ2v) is 9.62. The molecule has 0 saturated carbocycles. The average molecular weight is 564 g/mol. The van der Waals surface area contributed by atoms with Crippen LogP contribution in [0.2, 0.25) is 0 Å². The van der Waals surface area contributed by atoms with E-state index in [1.807, 2.05) is 0 Å². The largest absolute Gasteiger partial charge is 0.478 e. The third-order valence-electron chi connectivity index (χ3n) is 7.64. The van der Waals surface area contributed by atoms with Crippen LogP contribution in [-0.2, 0) is 10.2 Å². The number of cyclic esters (lactones) is 2. The molecule has 4 aromatic rings. The highest BCUT2D eigenvalue weighted by molar-refractivity contribution is 6.17. The topological polar surface area (TPSA) is 193 Å². The van der Waals surface area contributed by atoms with Crippen molar-refractivity contribution in [2.45, 2.75) is 5.41 Å². The van der Waals surface area contributed by atoms with Crippen LogP contribution in [0.25, 0.3) is 11.1 Å². The molecule has 1 heterocycles. The number of fused-ring (bicyclic) bond motifs is 5. The van der Waals surface area contributed by atoms with Gasteiger partial charge in [-0.25, -0.2) is 28.8 Å². The Morgan fingerprint density at radius 3 is 1.57 bits per heavy atom. The van der Waals surface area contributed by atoms with Gasteiger partial charge in [0.2, 0.25) is 0 Å². The third kappa shape index (κ3) is 3.40. The maximum Gasteiger partial charge on any atom is 0.347 e. The van der Waals surface area contributed by atoms with E-state index in [-0.39, 0.29) is 27.8 Å². The van der Waals surface area contributed by atoms with Crippen LogP contribution in [0.5, 0.6) is 0 Å². The van der Waals surface area contributed by atoms with Crippen molar-refractivity contribution in [3.05, 3.63) is 128 Å². The van der Waals surface area contributed by atoms with Gasteiger partial charge in [-0.05, 0) is 63.7 Å². The van der Waals surface area contributed by atoms with Crippen molar-refractivity contribution in [2.24, 2.45) is 0 Å². The van der Waals surface area contributed by atoms with Gasteiger partial charge < -0.3 is 25.2 Å². The first-order valence-electron chi connectivity index (χ1n) is 12.2. The Balaban J connectivity index is 1.85. The highest BCUT2D eigenvalue weighted by Crippen LogP contribution is 2.58. The molecule has 0 radical (unpaired) electrons. The second-order valence-electron chi connectivity index (χ2n) is 9.62. The van der Waals surface area contributed by atoms with Gasteiger partial charge in [0.25, 0.3) is 0 Å². The van der Waals surface area contributed by atoms with Crippen molar-refractivity contribution < 1.29 is 53.9 Å². The number of hydrogen-bond acceptors (Lipinski definition) is 7. The molecule has 42 heavy (non-hydrogen) atoms. The molecule has 0 amide bonds. The molecular formula is C31H16O11. The van der Waals surface area contributed by atoms with Crippen molar-refractivity contribution in [1.29, 1.82) is 0 Å². The van der Waals surface area contributed by atoms with E-state index in [1.165, 1.54) is 18.2 Å². The van der Waals surface area contributed by atoms with Gasteiger partial charge in [-0.15, -0.1) is 0 Å². The van der Waals surface area contributed by atoms with Crippen LogP contribution in [-0.4, -0.2) is 56.2 Å². The maximum atomic E-state index is 13.2. The lowest BCUT2D eigenvalue weighted by Gasteiger charge is -2.35. The van der Waals surface area contributed by atoms with E-state index in [2.05, 4.69) is 0 Å². The zero-order valence-corrected chi connectivity index (χ0v) is 21.1. The lowest BCUT2D eigenvalue weighted by Crippen LogP contribution is -2.31. The van der Waals surface area contributed by atoms with Gasteiger partial charge in [0.05, 0.1) is 38.8 Å². The third-order valence-corrected chi connectivity index (χ3v) is 7.64. The number of carboxylic acid groups (broad SMARTS) is 4. The number of aromatic carboxylic acids is 4. The van der Waals surface area contributed by atoms with E-state index in [4.69, 9.17) is 4.74 Å². The first kappa shape index (κ1) is 26.1. The highest BCUT2D eigenvalue weighted by atomic mass is 16.6. The summed E-state index contributed by atoms with van der Waals surface area (Å²) in [4.78, 5) is 74.1. The molecule has 1 aliphatic carbocycles. The lowest BCUT2D eigenvalue weighted by atomic mass is 9.65. The minimum Gasteiger partial charge on any atom is -0.478 e. The van der Waals surface area contributed by atoms with Crippen LogP contribution >= 0.6 is 0 Å². The normalized spacial score (nSPS) is 14.0. The summed E-state index contributed by atoms with van der Waals surface area (Å²) in [6.45, 7) is 0. The molecule has 0 saturated heterocycles.